The number of hydrogen-bond donors (Lipinski definition) is 0. The summed E-state index contributed by atoms with van der Waals surface area (Å²) >= 11 is 0. The van der Waals surface area contributed by atoms with Crippen molar-refractivity contribution in [2.24, 2.45) is 0 Å². The van der Waals surface area contributed by atoms with Gasteiger partial charge >= 0.3 is 6.18 Å². The molecule has 31 heavy (non-hydrogen) atoms. The standard InChI is InChI=1S/C25H32F4O2/c1-16(11-12-30)9-10-21(26)17(2)19-13-18(23(3,4)5)14-20(24(6,7)8)22(19)31-15-25(27,28)29/h9-14H,15H2,1-8H3/b10-9+,16-11+,21-17+. The molecule has 0 spiro atoms. The fraction of sp³-hybridized carbons (Fsp3) is 0.480. The van der Waals surface area contributed by atoms with Gasteiger partial charge in [0, 0.05) is 11.1 Å². The molecule has 0 aliphatic heterocycles. The van der Waals surface area contributed by atoms with E-state index < -0.39 is 24.0 Å². The molecule has 0 saturated heterocycles. The number of allylic oxidation sites excluding steroid dienone is 6. The first-order valence-corrected chi connectivity index (χ1v) is 10.0. The maximum Gasteiger partial charge on any atom is 0.422 e. The van der Waals surface area contributed by atoms with Gasteiger partial charge in [-0.05, 0) is 59.6 Å². The monoisotopic (exact) mass is 440 g/mol. The van der Waals surface area contributed by atoms with Crippen molar-refractivity contribution in [2.45, 2.75) is 72.4 Å². The highest BCUT2D eigenvalue weighted by molar-refractivity contribution is 5.75. The lowest BCUT2D eigenvalue weighted by molar-refractivity contribution is -0.153. The Kier molecular flexibility index (Phi) is 8.46. The second-order valence-corrected chi connectivity index (χ2v) is 9.66. The van der Waals surface area contributed by atoms with E-state index in [1.165, 1.54) is 25.2 Å². The molecule has 0 unspecified atom stereocenters. The van der Waals surface area contributed by atoms with E-state index in [9.17, 15) is 22.4 Å². The number of ether oxygens (including phenoxy) is 1. The molecular formula is C25H32F4O2. The molecule has 1 aromatic carbocycles. The van der Waals surface area contributed by atoms with Gasteiger partial charge in [-0.25, -0.2) is 4.39 Å². The summed E-state index contributed by atoms with van der Waals surface area (Å²) < 4.78 is 59.1. The first kappa shape index (κ1) is 26.7. The molecule has 0 saturated carbocycles. The molecule has 0 N–H and O–H groups in total. The van der Waals surface area contributed by atoms with Crippen molar-refractivity contribution in [3.8, 4) is 5.75 Å². The molecule has 0 aliphatic carbocycles. The number of alkyl halides is 3. The van der Waals surface area contributed by atoms with Crippen LogP contribution in [0.2, 0.25) is 0 Å². The van der Waals surface area contributed by atoms with Crippen LogP contribution in [0.25, 0.3) is 5.57 Å². The highest BCUT2D eigenvalue weighted by Gasteiger charge is 2.32. The molecule has 0 fully saturated rings. The van der Waals surface area contributed by atoms with Gasteiger partial charge in [0.15, 0.2) is 6.61 Å². The molecule has 0 aromatic heterocycles. The zero-order valence-electron chi connectivity index (χ0n) is 19.5. The summed E-state index contributed by atoms with van der Waals surface area (Å²) in [5.41, 5.74) is 1.57. The Morgan fingerprint density at radius 2 is 1.55 bits per heavy atom. The Hall–Kier alpha value is -2.37. The van der Waals surface area contributed by atoms with Crippen LogP contribution < -0.4 is 4.74 Å². The van der Waals surface area contributed by atoms with Crippen molar-refractivity contribution in [3.63, 3.8) is 0 Å². The lowest BCUT2D eigenvalue weighted by Gasteiger charge is -2.30. The summed E-state index contributed by atoms with van der Waals surface area (Å²) in [4.78, 5) is 10.6. The lowest BCUT2D eigenvalue weighted by atomic mass is 9.78. The maximum atomic E-state index is 15.0. The number of halogens is 4. The number of carbonyl (C=O) groups is 1. The van der Waals surface area contributed by atoms with E-state index in [1.807, 2.05) is 47.6 Å². The second-order valence-electron chi connectivity index (χ2n) is 9.66. The average Bonchev–Trinajstić information content (AvgIpc) is 2.61. The normalized spacial score (nSPS) is 14.6. The number of aldehydes is 1. The number of carbonyl (C=O) groups excluding carboxylic acids is 1. The Balaban J connectivity index is 3.83. The summed E-state index contributed by atoms with van der Waals surface area (Å²) in [6.45, 7) is 13.3. The Morgan fingerprint density at radius 3 is 2.00 bits per heavy atom. The summed E-state index contributed by atoms with van der Waals surface area (Å²) in [6.07, 6.45) is -0.0169. The molecular weight excluding hydrogens is 408 g/mol. The summed E-state index contributed by atoms with van der Waals surface area (Å²) in [6, 6.07) is 3.53. The smallest absolute Gasteiger partial charge is 0.422 e. The fourth-order valence-corrected chi connectivity index (χ4v) is 2.83. The average molecular weight is 441 g/mol. The molecule has 0 atom stereocenters. The highest BCUT2D eigenvalue weighted by atomic mass is 19.4. The SMILES string of the molecule is CC(/C=C/C(F)=C(/C)c1cc(C(C)(C)C)cc(C(C)(C)C)c1OCC(F)(F)F)=C\C=O. The van der Waals surface area contributed by atoms with Gasteiger partial charge in [-0.15, -0.1) is 0 Å². The third-order valence-corrected chi connectivity index (χ3v) is 4.73. The van der Waals surface area contributed by atoms with Crippen LogP contribution in [0.4, 0.5) is 17.6 Å². The summed E-state index contributed by atoms with van der Waals surface area (Å²) in [5.74, 6) is -0.597. The molecule has 0 bridgehead atoms. The molecule has 1 rings (SSSR count). The van der Waals surface area contributed by atoms with E-state index in [1.54, 1.807) is 13.0 Å². The van der Waals surface area contributed by atoms with Crippen LogP contribution >= 0.6 is 0 Å². The van der Waals surface area contributed by atoms with Gasteiger partial charge in [-0.1, -0.05) is 53.7 Å². The van der Waals surface area contributed by atoms with E-state index in [0.717, 1.165) is 5.56 Å². The predicted molar refractivity (Wildman–Crippen MR) is 118 cm³/mol. The van der Waals surface area contributed by atoms with Gasteiger partial charge in [0.1, 0.15) is 17.9 Å². The molecule has 6 heteroatoms. The quantitative estimate of drug-likeness (QED) is 0.197. The van der Waals surface area contributed by atoms with E-state index >= 15 is 0 Å². The van der Waals surface area contributed by atoms with Crippen molar-refractivity contribution in [1.82, 2.24) is 0 Å². The van der Waals surface area contributed by atoms with Crippen molar-refractivity contribution >= 4 is 11.9 Å². The van der Waals surface area contributed by atoms with Gasteiger partial charge in [-0.2, -0.15) is 13.2 Å². The number of hydrogen-bond acceptors (Lipinski definition) is 2. The Bertz CT molecular complexity index is 890. The molecule has 0 amide bonds. The van der Waals surface area contributed by atoms with Gasteiger partial charge in [-0.3, -0.25) is 4.79 Å². The van der Waals surface area contributed by atoms with Gasteiger partial charge in [0.25, 0.3) is 0 Å². The number of benzene rings is 1. The Labute approximate surface area is 182 Å². The van der Waals surface area contributed by atoms with Crippen LogP contribution in [0.5, 0.6) is 5.75 Å². The molecule has 0 aliphatic rings. The van der Waals surface area contributed by atoms with E-state index in [-0.39, 0.29) is 22.3 Å². The minimum atomic E-state index is -4.53. The predicted octanol–water partition coefficient (Wildman–Crippen LogP) is 7.62. The van der Waals surface area contributed by atoms with Crippen molar-refractivity contribution in [2.75, 3.05) is 6.61 Å². The number of rotatable bonds is 6. The van der Waals surface area contributed by atoms with Gasteiger partial charge in [0.2, 0.25) is 0 Å². The van der Waals surface area contributed by atoms with E-state index in [2.05, 4.69) is 0 Å². The zero-order valence-corrected chi connectivity index (χ0v) is 19.5. The highest BCUT2D eigenvalue weighted by Crippen LogP contribution is 2.42. The van der Waals surface area contributed by atoms with Crippen molar-refractivity contribution < 1.29 is 27.1 Å². The molecule has 0 radical (unpaired) electrons. The van der Waals surface area contributed by atoms with E-state index in [4.69, 9.17) is 4.74 Å². The molecule has 172 valence electrons. The molecule has 1 aromatic rings. The van der Waals surface area contributed by atoms with Crippen LogP contribution in [-0.2, 0) is 15.6 Å². The third-order valence-electron chi connectivity index (χ3n) is 4.73. The van der Waals surface area contributed by atoms with Crippen molar-refractivity contribution in [1.29, 1.82) is 0 Å². The first-order chi connectivity index (χ1) is 14.0. The lowest BCUT2D eigenvalue weighted by Crippen LogP contribution is -2.23. The molecule has 2 nitrogen and oxygen atoms in total. The maximum absolute atomic E-state index is 15.0. The van der Waals surface area contributed by atoms with Crippen LogP contribution in [0.15, 0.2) is 41.8 Å². The molecule has 0 heterocycles. The van der Waals surface area contributed by atoms with Crippen LogP contribution in [0.3, 0.4) is 0 Å². The van der Waals surface area contributed by atoms with Crippen molar-refractivity contribution in [3.05, 3.63) is 58.5 Å². The minimum Gasteiger partial charge on any atom is -0.483 e. The van der Waals surface area contributed by atoms with Crippen LogP contribution in [-0.4, -0.2) is 19.1 Å². The summed E-state index contributed by atoms with van der Waals surface area (Å²) in [7, 11) is 0. The first-order valence-electron chi connectivity index (χ1n) is 10.0. The second kappa shape index (κ2) is 9.84. The third kappa shape index (κ3) is 8.00. The summed E-state index contributed by atoms with van der Waals surface area (Å²) in [5, 5.41) is 0. The largest absolute Gasteiger partial charge is 0.483 e. The minimum absolute atomic E-state index is 0.0269. The van der Waals surface area contributed by atoms with Gasteiger partial charge in [0.05, 0.1) is 0 Å². The van der Waals surface area contributed by atoms with Gasteiger partial charge < -0.3 is 4.74 Å². The zero-order chi connectivity index (χ0) is 24.2. The fourth-order valence-electron chi connectivity index (χ4n) is 2.83. The van der Waals surface area contributed by atoms with Crippen LogP contribution in [0, 0.1) is 0 Å². The Morgan fingerprint density at radius 1 is 0.968 bits per heavy atom. The van der Waals surface area contributed by atoms with E-state index in [0.29, 0.717) is 17.4 Å². The van der Waals surface area contributed by atoms with Crippen LogP contribution in [0.1, 0.15) is 72.1 Å². The topological polar surface area (TPSA) is 26.3 Å².